The zero-order valence-corrected chi connectivity index (χ0v) is 14.6. The molecule has 2 rings (SSSR count). The summed E-state index contributed by atoms with van der Waals surface area (Å²) in [5.41, 5.74) is 0.687. The van der Waals surface area contributed by atoms with Gasteiger partial charge in [0.1, 0.15) is 12.4 Å². The molecule has 1 amide bonds. The molecule has 1 saturated heterocycles. The summed E-state index contributed by atoms with van der Waals surface area (Å²) in [7, 11) is 3.97. The molecular weight excluding hydrogens is 316 g/mol. The summed E-state index contributed by atoms with van der Waals surface area (Å²) in [6.07, 6.45) is 3.61. The van der Waals surface area contributed by atoms with Crippen molar-refractivity contribution >= 4 is 23.2 Å². The van der Waals surface area contributed by atoms with E-state index in [1.165, 1.54) is 0 Å². The van der Waals surface area contributed by atoms with E-state index in [4.69, 9.17) is 21.1 Å². The van der Waals surface area contributed by atoms with Crippen LogP contribution in [0.1, 0.15) is 25.7 Å². The Labute approximate surface area is 142 Å². The van der Waals surface area contributed by atoms with Gasteiger partial charge in [0.2, 0.25) is 5.91 Å². The van der Waals surface area contributed by atoms with Crippen molar-refractivity contribution in [3.8, 4) is 5.75 Å². The van der Waals surface area contributed by atoms with Gasteiger partial charge in [-0.1, -0.05) is 11.6 Å². The van der Waals surface area contributed by atoms with Gasteiger partial charge in [-0.2, -0.15) is 0 Å². The summed E-state index contributed by atoms with van der Waals surface area (Å²) in [4.78, 5) is 14.0. The molecule has 128 valence electrons. The zero-order chi connectivity index (χ0) is 16.7. The molecule has 1 aliphatic rings. The maximum atomic E-state index is 12.0. The molecule has 1 aromatic rings. The quantitative estimate of drug-likeness (QED) is 0.789. The predicted molar refractivity (Wildman–Crippen MR) is 92.3 cm³/mol. The van der Waals surface area contributed by atoms with Crippen molar-refractivity contribution in [2.45, 2.75) is 31.8 Å². The maximum absolute atomic E-state index is 12.0. The summed E-state index contributed by atoms with van der Waals surface area (Å²) in [5, 5.41) is 3.37. The first-order valence-corrected chi connectivity index (χ1v) is 8.41. The van der Waals surface area contributed by atoms with Crippen molar-refractivity contribution in [3.63, 3.8) is 0 Å². The number of hydrogen-bond acceptors (Lipinski definition) is 4. The fourth-order valence-corrected chi connectivity index (χ4v) is 2.66. The minimum Gasteiger partial charge on any atom is -0.491 e. The largest absolute Gasteiger partial charge is 0.491 e. The van der Waals surface area contributed by atoms with Gasteiger partial charge in [0, 0.05) is 25.3 Å². The standard InChI is InChI=1S/C17H25ClN2O3/c1-20(2)9-11-23-16-7-5-13(12-15(16)18)19-17(21)8-6-14-4-3-10-22-14/h5,7,12,14H,3-4,6,8-11H2,1-2H3,(H,19,21). The summed E-state index contributed by atoms with van der Waals surface area (Å²) in [5.74, 6) is 0.615. The number of nitrogens with zero attached hydrogens (tertiary/aromatic N) is 1. The van der Waals surface area contributed by atoms with Gasteiger partial charge < -0.3 is 19.7 Å². The summed E-state index contributed by atoms with van der Waals surface area (Å²) >= 11 is 6.20. The van der Waals surface area contributed by atoms with Crippen LogP contribution in [0.5, 0.6) is 5.75 Å². The number of rotatable bonds is 8. The number of amides is 1. The number of ether oxygens (including phenoxy) is 2. The molecule has 1 aromatic carbocycles. The Hall–Kier alpha value is -1.30. The van der Waals surface area contributed by atoms with Gasteiger partial charge in [-0.15, -0.1) is 0 Å². The number of hydrogen-bond donors (Lipinski definition) is 1. The number of carbonyl (C=O) groups excluding carboxylic acids is 1. The van der Waals surface area contributed by atoms with Gasteiger partial charge in [0.05, 0.1) is 11.1 Å². The van der Waals surface area contributed by atoms with E-state index in [0.29, 0.717) is 29.5 Å². The van der Waals surface area contributed by atoms with E-state index in [0.717, 1.165) is 32.4 Å². The lowest BCUT2D eigenvalue weighted by Gasteiger charge is -2.13. The number of anilines is 1. The lowest BCUT2D eigenvalue weighted by molar-refractivity contribution is -0.116. The third-order valence-electron chi connectivity index (χ3n) is 3.73. The Morgan fingerprint density at radius 3 is 2.96 bits per heavy atom. The molecule has 0 aliphatic carbocycles. The van der Waals surface area contributed by atoms with Gasteiger partial charge in [-0.05, 0) is 51.6 Å². The van der Waals surface area contributed by atoms with E-state index >= 15 is 0 Å². The van der Waals surface area contributed by atoms with E-state index < -0.39 is 0 Å². The van der Waals surface area contributed by atoms with Crippen LogP contribution in [0.25, 0.3) is 0 Å². The SMILES string of the molecule is CN(C)CCOc1ccc(NC(=O)CCC2CCCO2)cc1Cl. The van der Waals surface area contributed by atoms with Crippen molar-refractivity contribution in [2.75, 3.05) is 39.2 Å². The highest BCUT2D eigenvalue weighted by Crippen LogP contribution is 2.28. The molecule has 1 heterocycles. The Morgan fingerprint density at radius 1 is 1.48 bits per heavy atom. The Balaban J connectivity index is 1.78. The molecule has 1 N–H and O–H groups in total. The van der Waals surface area contributed by atoms with Crippen LogP contribution < -0.4 is 10.1 Å². The van der Waals surface area contributed by atoms with Crippen LogP contribution in [0.2, 0.25) is 5.02 Å². The van der Waals surface area contributed by atoms with Crippen LogP contribution in [0.3, 0.4) is 0 Å². The number of benzene rings is 1. The van der Waals surface area contributed by atoms with Crippen LogP contribution in [-0.4, -0.2) is 50.8 Å². The van der Waals surface area contributed by atoms with Crippen LogP contribution in [0.4, 0.5) is 5.69 Å². The molecule has 0 bridgehead atoms. The molecule has 0 radical (unpaired) electrons. The topological polar surface area (TPSA) is 50.8 Å². The fraction of sp³-hybridized carbons (Fsp3) is 0.588. The van der Waals surface area contributed by atoms with Crippen LogP contribution in [0, 0.1) is 0 Å². The lowest BCUT2D eigenvalue weighted by atomic mass is 10.1. The average molecular weight is 341 g/mol. The Bertz CT molecular complexity index is 517. The smallest absolute Gasteiger partial charge is 0.224 e. The zero-order valence-electron chi connectivity index (χ0n) is 13.8. The minimum atomic E-state index is -0.0159. The second kappa shape index (κ2) is 9.11. The summed E-state index contributed by atoms with van der Waals surface area (Å²) in [6.45, 7) is 2.20. The first-order valence-electron chi connectivity index (χ1n) is 8.03. The van der Waals surface area contributed by atoms with E-state index in [-0.39, 0.29) is 12.0 Å². The molecule has 23 heavy (non-hydrogen) atoms. The van der Waals surface area contributed by atoms with E-state index in [9.17, 15) is 4.79 Å². The highest BCUT2D eigenvalue weighted by atomic mass is 35.5. The van der Waals surface area contributed by atoms with Gasteiger partial charge in [-0.25, -0.2) is 0 Å². The fourth-order valence-electron chi connectivity index (χ4n) is 2.42. The van der Waals surface area contributed by atoms with Gasteiger partial charge >= 0.3 is 0 Å². The molecule has 6 heteroatoms. The number of likely N-dealkylation sites (N-methyl/N-ethyl adjacent to an activating group) is 1. The molecular formula is C17H25ClN2O3. The highest BCUT2D eigenvalue weighted by molar-refractivity contribution is 6.32. The number of halogens is 1. The third-order valence-corrected chi connectivity index (χ3v) is 4.02. The third kappa shape index (κ3) is 6.37. The first-order chi connectivity index (χ1) is 11.0. The molecule has 0 saturated carbocycles. The predicted octanol–water partition coefficient (Wildman–Crippen LogP) is 3.18. The van der Waals surface area contributed by atoms with Crippen LogP contribution in [0.15, 0.2) is 18.2 Å². The molecule has 1 unspecified atom stereocenters. The average Bonchev–Trinajstić information content (AvgIpc) is 3.00. The van der Waals surface area contributed by atoms with Crippen molar-refractivity contribution in [1.82, 2.24) is 4.90 Å². The summed E-state index contributed by atoms with van der Waals surface area (Å²) in [6, 6.07) is 5.31. The normalized spacial score (nSPS) is 17.5. The molecule has 1 fully saturated rings. The Morgan fingerprint density at radius 2 is 2.30 bits per heavy atom. The van der Waals surface area contributed by atoms with E-state index in [2.05, 4.69) is 5.32 Å². The monoisotopic (exact) mass is 340 g/mol. The molecule has 0 aromatic heterocycles. The highest BCUT2D eigenvalue weighted by Gasteiger charge is 2.16. The van der Waals surface area contributed by atoms with Gasteiger partial charge in [0.25, 0.3) is 0 Å². The van der Waals surface area contributed by atoms with Crippen molar-refractivity contribution < 1.29 is 14.3 Å². The van der Waals surface area contributed by atoms with E-state index in [1.807, 2.05) is 19.0 Å². The molecule has 0 spiro atoms. The van der Waals surface area contributed by atoms with E-state index in [1.54, 1.807) is 18.2 Å². The second-order valence-electron chi connectivity index (χ2n) is 6.02. The molecule has 5 nitrogen and oxygen atoms in total. The van der Waals surface area contributed by atoms with Crippen molar-refractivity contribution in [3.05, 3.63) is 23.2 Å². The van der Waals surface area contributed by atoms with Crippen molar-refractivity contribution in [1.29, 1.82) is 0 Å². The first kappa shape index (κ1) is 18.0. The number of nitrogens with one attached hydrogen (secondary N) is 1. The van der Waals surface area contributed by atoms with Gasteiger partial charge in [-0.3, -0.25) is 4.79 Å². The van der Waals surface area contributed by atoms with Crippen LogP contribution >= 0.6 is 11.6 Å². The molecule has 1 aliphatic heterocycles. The summed E-state index contributed by atoms with van der Waals surface area (Å²) < 4.78 is 11.1. The maximum Gasteiger partial charge on any atom is 0.224 e. The van der Waals surface area contributed by atoms with Crippen molar-refractivity contribution in [2.24, 2.45) is 0 Å². The lowest BCUT2D eigenvalue weighted by Crippen LogP contribution is -2.19. The minimum absolute atomic E-state index is 0.0159. The Kier molecular flexibility index (Phi) is 7.15. The van der Waals surface area contributed by atoms with Crippen LogP contribution in [-0.2, 0) is 9.53 Å². The second-order valence-corrected chi connectivity index (χ2v) is 6.43. The number of carbonyl (C=O) groups is 1. The van der Waals surface area contributed by atoms with Gasteiger partial charge in [0.15, 0.2) is 0 Å². The molecule has 1 atom stereocenters.